The van der Waals surface area contributed by atoms with Crippen molar-refractivity contribution < 1.29 is 32.6 Å². The number of carboxylic acid groups (broad SMARTS) is 1. The Morgan fingerprint density at radius 1 is 1.42 bits per heavy atom. The van der Waals surface area contributed by atoms with Crippen molar-refractivity contribution in [2.45, 2.75) is 37.9 Å². The number of hydrogen-bond donors (Lipinski definition) is 4. The second-order valence-electron chi connectivity index (χ2n) is 6.99. The SMILES string of the molecule is CCS(=O)(=O)Nc1cccc(C(N)C(=O)NC2C(=O)N3C(OC(=O)O)=C(Cl)CCC23)c1. The molecule has 2 heterocycles. The number of amides is 2. The van der Waals surface area contributed by atoms with Gasteiger partial charge in [-0.1, -0.05) is 23.7 Å². The van der Waals surface area contributed by atoms with Gasteiger partial charge in [-0.05, 0) is 37.5 Å². The molecule has 11 nitrogen and oxygen atoms in total. The zero-order valence-corrected chi connectivity index (χ0v) is 17.9. The van der Waals surface area contributed by atoms with E-state index in [1.807, 2.05) is 0 Å². The predicted molar refractivity (Wildman–Crippen MR) is 110 cm³/mol. The highest BCUT2D eigenvalue weighted by molar-refractivity contribution is 7.92. The standard InChI is InChI=1S/C18H21ClN4O7S/c1-2-31(28,29)22-10-5-3-4-9(8-10)13(20)15(24)21-14-12-7-6-11(19)17(30-18(26)27)23(12)16(14)25/h3-5,8,12-14,22H,2,6-7,20H2,1H3,(H,21,24)(H,26,27). The van der Waals surface area contributed by atoms with Crippen molar-refractivity contribution in [2.75, 3.05) is 10.5 Å². The number of carbonyl (C=O) groups is 3. The highest BCUT2D eigenvalue weighted by Gasteiger charge is 2.53. The van der Waals surface area contributed by atoms with Crippen molar-refractivity contribution in [2.24, 2.45) is 5.73 Å². The van der Waals surface area contributed by atoms with Crippen molar-refractivity contribution in [3.05, 3.63) is 40.7 Å². The molecule has 0 radical (unpaired) electrons. The molecule has 1 fully saturated rings. The van der Waals surface area contributed by atoms with E-state index < -0.39 is 46.1 Å². The fourth-order valence-corrected chi connectivity index (χ4v) is 4.26. The fraction of sp³-hybridized carbons (Fsp3) is 0.389. The van der Waals surface area contributed by atoms with Crippen LogP contribution in [-0.4, -0.2) is 54.2 Å². The molecule has 0 bridgehead atoms. The number of nitrogens with one attached hydrogen (secondary N) is 2. The molecule has 168 valence electrons. The van der Waals surface area contributed by atoms with Crippen molar-refractivity contribution >= 4 is 45.3 Å². The molecule has 2 aliphatic rings. The molecular formula is C18H21ClN4O7S. The molecule has 1 aromatic carbocycles. The van der Waals surface area contributed by atoms with E-state index in [9.17, 15) is 22.8 Å². The van der Waals surface area contributed by atoms with Crippen LogP contribution in [0.1, 0.15) is 31.4 Å². The van der Waals surface area contributed by atoms with Crippen LogP contribution in [0.15, 0.2) is 35.2 Å². The number of allylic oxidation sites excluding steroid dienone is 1. The number of β-lactam (4-membered cyclic amide) rings is 1. The van der Waals surface area contributed by atoms with Crippen molar-refractivity contribution in [1.29, 1.82) is 0 Å². The Kier molecular flexibility index (Phi) is 6.43. The third kappa shape index (κ3) is 4.75. The zero-order valence-electron chi connectivity index (χ0n) is 16.4. The van der Waals surface area contributed by atoms with Gasteiger partial charge >= 0.3 is 6.16 Å². The Bertz CT molecular complexity index is 1060. The van der Waals surface area contributed by atoms with Gasteiger partial charge in [-0.3, -0.25) is 19.2 Å². The summed E-state index contributed by atoms with van der Waals surface area (Å²) in [5.41, 5.74) is 6.62. The molecule has 3 rings (SSSR count). The summed E-state index contributed by atoms with van der Waals surface area (Å²) < 4.78 is 30.5. The lowest BCUT2D eigenvalue weighted by Crippen LogP contribution is -2.71. The van der Waals surface area contributed by atoms with Crippen LogP contribution in [0.5, 0.6) is 0 Å². The number of benzene rings is 1. The lowest BCUT2D eigenvalue weighted by Gasteiger charge is -2.49. The van der Waals surface area contributed by atoms with Crippen molar-refractivity contribution in [3.63, 3.8) is 0 Å². The number of nitrogens with zero attached hydrogens (tertiary/aromatic N) is 1. The Morgan fingerprint density at radius 3 is 2.77 bits per heavy atom. The van der Waals surface area contributed by atoms with E-state index in [-0.39, 0.29) is 28.8 Å². The van der Waals surface area contributed by atoms with Crippen LogP contribution in [0.4, 0.5) is 10.5 Å². The number of nitrogens with two attached hydrogens (primary N) is 1. The van der Waals surface area contributed by atoms with Crippen LogP contribution >= 0.6 is 11.6 Å². The van der Waals surface area contributed by atoms with Gasteiger partial charge in [-0.25, -0.2) is 13.2 Å². The molecular weight excluding hydrogens is 452 g/mol. The van der Waals surface area contributed by atoms with Crippen LogP contribution in [0, 0.1) is 0 Å². The molecule has 2 aliphatic heterocycles. The lowest BCUT2D eigenvalue weighted by molar-refractivity contribution is -0.155. The minimum atomic E-state index is -3.50. The van der Waals surface area contributed by atoms with Crippen molar-refractivity contribution in [1.82, 2.24) is 10.2 Å². The molecule has 2 amide bonds. The second kappa shape index (κ2) is 8.73. The van der Waals surface area contributed by atoms with E-state index in [0.29, 0.717) is 12.0 Å². The fourth-order valence-electron chi connectivity index (χ4n) is 3.39. The normalized spacial score (nSPS) is 21.6. The third-order valence-corrected chi connectivity index (χ3v) is 6.65. The van der Waals surface area contributed by atoms with Gasteiger partial charge < -0.3 is 20.9 Å². The quantitative estimate of drug-likeness (QED) is 0.337. The third-order valence-electron chi connectivity index (χ3n) is 4.99. The average Bonchev–Trinajstić information content (AvgIpc) is 2.72. The number of rotatable bonds is 7. The van der Waals surface area contributed by atoms with Crippen LogP contribution in [0.25, 0.3) is 0 Å². The minimum absolute atomic E-state index is 0.111. The number of hydrogen-bond acceptors (Lipinski definition) is 7. The molecule has 3 unspecified atom stereocenters. The molecule has 0 saturated carbocycles. The molecule has 31 heavy (non-hydrogen) atoms. The zero-order chi connectivity index (χ0) is 22.9. The monoisotopic (exact) mass is 472 g/mol. The van der Waals surface area contributed by atoms with Gasteiger partial charge in [0.05, 0.1) is 16.8 Å². The largest absolute Gasteiger partial charge is 0.512 e. The smallest absolute Gasteiger partial charge is 0.449 e. The van der Waals surface area contributed by atoms with Crippen LogP contribution < -0.4 is 15.8 Å². The van der Waals surface area contributed by atoms with Gasteiger partial charge in [0, 0.05) is 5.69 Å². The Balaban J connectivity index is 1.69. The molecule has 0 aromatic heterocycles. The average molecular weight is 473 g/mol. The van der Waals surface area contributed by atoms with Crippen LogP contribution in [0.3, 0.4) is 0 Å². The van der Waals surface area contributed by atoms with Crippen molar-refractivity contribution in [3.8, 4) is 0 Å². The lowest BCUT2D eigenvalue weighted by atomic mass is 9.88. The highest BCUT2D eigenvalue weighted by atomic mass is 35.5. The molecule has 1 aromatic rings. The first kappa shape index (κ1) is 22.8. The maximum Gasteiger partial charge on any atom is 0.512 e. The number of halogens is 1. The molecule has 3 atom stereocenters. The molecule has 1 saturated heterocycles. The molecule has 5 N–H and O–H groups in total. The maximum atomic E-state index is 12.6. The summed E-state index contributed by atoms with van der Waals surface area (Å²) in [5, 5.41) is 11.5. The topological polar surface area (TPSA) is 168 Å². The first-order valence-electron chi connectivity index (χ1n) is 9.33. The Hall–Kier alpha value is -2.83. The summed E-state index contributed by atoms with van der Waals surface area (Å²) in [5.74, 6) is -1.57. The number of sulfonamides is 1. The van der Waals surface area contributed by atoms with Gasteiger partial charge in [0.15, 0.2) is 0 Å². The Morgan fingerprint density at radius 2 is 2.13 bits per heavy atom. The van der Waals surface area contributed by atoms with Gasteiger partial charge in [-0.15, -0.1) is 0 Å². The van der Waals surface area contributed by atoms with E-state index in [2.05, 4.69) is 14.8 Å². The minimum Gasteiger partial charge on any atom is -0.449 e. The van der Waals surface area contributed by atoms with Gasteiger partial charge in [0.25, 0.3) is 5.91 Å². The number of carbonyl (C=O) groups excluding carboxylic acids is 2. The van der Waals surface area contributed by atoms with E-state index in [0.717, 1.165) is 4.90 Å². The van der Waals surface area contributed by atoms with Crippen LogP contribution in [0.2, 0.25) is 0 Å². The van der Waals surface area contributed by atoms with E-state index in [4.69, 9.17) is 22.4 Å². The second-order valence-corrected chi connectivity index (χ2v) is 9.45. The number of ether oxygens (including phenoxy) is 1. The van der Waals surface area contributed by atoms with Gasteiger partial charge in [0.2, 0.25) is 21.8 Å². The summed E-state index contributed by atoms with van der Waals surface area (Å²) in [7, 11) is -3.50. The summed E-state index contributed by atoms with van der Waals surface area (Å²) in [6.45, 7) is 1.49. The summed E-state index contributed by atoms with van der Waals surface area (Å²) in [6, 6.07) is 3.50. The molecule has 0 spiro atoms. The maximum absolute atomic E-state index is 12.6. The predicted octanol–water partition coefficient (Wildman–Crippen LogP) is 1.04. The Labute approximate surface area is 183 Å². The van der Waals surface area contributed by atoms with E-state index in [1.165, 1.54) is 19.1 Å². The molecule has 0 aliphatic carbocycles. The summed E-state index contributed by atoms with van der Waals surface area (Å²) in [6.07, 6.45) is -0.906. The van der Waals surface area contributed by atoms with Gasteiger partial charge in [0.1, 0.15) is 12.1 Å². The first-order valence-corrected chi connectivity index (χ1v) is 11.4. The van der Waals surface area contributed by atoms with E-state index in [1.54, 1.807) is 12.1 Å². The van der Waals surface area contributed by atoms with Gasteiger partial charge in [-0.2, -0.15) is 0 Å². The first-order chi connectivity index (χ1) is 14.5. The number of anilines is 1. The summed E-state index contributed by atoms with van der Waals surface area (Å²) in [4.78, 5) is 37.1. The summed E-state index contributed by atoms with van der Waals surface area (Å²) >= 11 is 5.98. The highest BCUT2D eigenvalue weighted by Crippen LogP contribution is 2.38. The number of fused-ring (bicyclic) bond motifs is 1. The molecule has 13 heteroatoms. The van der Waals surface area contributed by atoms with E-state index >= 15 is 0 Å². The van der Waals surface area contributed by atoms with Crippen LogP contribution in [-0.2, 0) is 24.3 Å².